The van der Waals surface area contributed by atoms with Crippen molar-refractivity contribution in [2.75, 3.05) is 12.4 Å². The van der Waals surface area contributed by atoms with Crippen molar-refractivity contribution in [1.29, 1.82) is 0 Å². The van der Waals surface area contributed by atoms with Crippen LogP contribution in [0.15, 0.2) is 18.2 Å². The molecule has 5 nitrogen and oxygen atoms in total. The minimum Gasteiger partial charge on any atom is -0.496 e. The summed E-state index contributed by atoms with van der Waals surface area (Å²) >= 11 is 0. The van der Waals surface area contributed by atoms with Crippen molar-refractivity contribution in [3.63, 3.8) is 0 Å². The summed E-state index contributed by atoms with van der Waals surface area (Å²) in [6, 6.07) is 4.58. The van der Waals surface area contributed by atoms with Crippen LogP contribution in [0.5, 0.6) is 5.75 Å². The zero-order valence-electron chi connectivity index (χ0n) is 13.1. The summed E-state index contributed by atoms with van der Waals surface area (Å²) < 4.78 is 5.06. The van der Waals surface area contributed by atoms with Gasteiger partial charge in [0.2, 0.25) is 5.91 Å². The molecule has 22 heavy (non-hydrogen) atoms. The molecule has 2 N–H and O–H groups in total. The minimum absolute atomic E-state index is 0.0239. The van der Waals surface area contributed by atoms with Crippen LogP contribution in [0.4, 0.5) is 5.69 Å². The molecule has 1 amide bonds. The van der Waals surface area contributed by atoms with Crippen LogP contribution >= 0.6 is 0 Å². The Labute approximate surface area is 130 Å². The highest BCUT2D eigenvalue weighted by molar-refractivity contribution is 5.94. The Balaban J connectivity index is 1.98. The fourth-order valence-corrected chi connectivity index (χ4v) is 3.16. The van der Waals surface area contributed by atoms with Gasteiger partial charge in [-0.15, -0.1) is 0 Å². The number of hydrogen-bond donors (Lipinski definition) is 2. The summed E-state index contributed by atoms with van der Waals surface area (Å²) in [5, 5.41) is 11.9. The molecule has 0 aliphatic heterocycles. The summed E-state index contributed by atoms with van der Waals surface area (Å²) in [6.45, 7) is 2.24. The van der Waals surface area contributed by atoms with Gasteiger partial charge in [0.25, 0.3) is 0 Å². The molecule has 5 heteroatoms. The van der Waals surface area contributed by atoms with Gasteiger partial charge in [-0.25, -0.2) is 4.79 Å². The van der Waals surface area contributed by atoms with Crippen LogP contribution in [-0.4, -0.2) is 24.1 Å². The van der Waals surface area contributed by atoms with Crippen molar-refractivity contribution in [3.8, 4) is 5.75 Å². The van der Waals surface area contributed by atoms with Crippen LogP contribution < -0.4 is 10.1 Å². The number of anilines is 1. The third kappa shape index (κ3) is 4.23. The van der Waals surface area contributed by atoms with E-state index in [2.05, 4.69) is 12.2 Å². The molecule has 0 radical (unpaired) electrons. The molecule has 1 aromatic carbocycles. The largest absolute Gasteiger partial charge is 0.496 e. The number of benzene rings is 1. The lowest BCUT2D eigenvalue weighted by Crippen LogP contribution is -2.21. The Bertz CT molecular complexity index is 556. The van der Waals surface area contributed by atoms with E-state index in [9.17, 15) is 9.59 Å². The topological polar surface area (TPSA) is 75.6 Å². The van der Waals surface area contributed by atoms with Crippen LogP contribution in [0.25, 0.3) is 0 Å². The van der Waals surface area contributed by atoms with Gasteiger partial charge in [-0.05, 0) is 36.8 Å². The molecule has 0 saturated heterocycles. The van der Waals surface area contributed by atoms with Crippen LogP contribution in [0, 0.1) is 11.8 Å². The lowest BCUT2D eigenvalue weighted by molar-refractivity contribution is -0.117. The maximum atomic E-state index is 12.1. The quantitative estimate of drug-likeness (QED) is 0.872. The number of carboxylic acids is 1. The van der Waals surface area contributed by atoms with Gasteiger partial charge in [0.15, 0.2) is 0 Å². The standard InChI is InChI=1S/C17H23NO4/c1-11-4-3-5-12(8-11)9-16(19)18-13-6-7-14(17(20)21)15(10-13)22-2/h6-7,10-12H,3-5,8-9H2,1-2H3,(H,18,19)(H,20,21). The number of carboxylic acid groups (broad SMARTS) is 1. The van der Waals surface area contributed by atoms with Gasteiger partial charge in [0, 0.05) is 18.2 Å². The zero-order valence-corrected chi connectivity index (χ0v) is 13.1. The summed E-state index contributed by atoms with van der Waals surface area (Å²) in [5.74, 6) is 0.317. The van der Waals surface area contributed by atoms with Crippen LogP contribution in [0.3, 0.4) is 0 Å². The van der Waals surface area contributed by atoms with Crippen molar-refractivity contribution >= 4 is 17.6 Å². The number of methoxy groups -OCH3 is 1. The Hall–Kier alpha value is -2.04. The van der Waals surface area contributed by atoms with Crippen molar-refractivity contribution in [3.05, 3.63) is 23.8 Å². The van der Waals surface area contributed by atoms with E-state index in [0.717, 1.165) is 12.8 Å². The Kier molecular flexibility index (Phi) is 5.41. The van der Waals surface area contributed by atoms with E-state index in [1.54, 1.807) is 12.1 Å². The zero-order chi connectivity index (χ0) is 16.1. The molecule has 2 unspecified atom stereocenters. The average molecular weight is 305 g/mol. The number of nitrogens with one attached hydrogen (secondary N) is 1. The maximum absolute atomic E-state index is 12.1. The van der Waals surface area contributed by atoms with Crippen LogP contribution in [-0.2, 0) is 4.79 Å². The van der Waals surface area contributed by atoms with Crippen molar-refractivity contribution in [2.45, 2.75) is 39.0 Å². The first-order chi connectivity index (χ1) is 10.5. The third-order valence-corrected chi connectivity index (χ3v) is 4.23. The fraction of sp³-hybridized carbons (Fsp3) is 0.529. The van der Waals surface area contributed by atoms with Gasteiger partial charge in [0.05, 0.1) is 7.11 Å². The fourth-order valence-electron chi connectivity index (χ4n) is 3.16. The molecular formula is C17H23NO4. The lowest BCUT2D eigenvalue weighted by Gasteiger charge is -2.26. The number of carbonyl (C=O) groups excluding carboxylic acids is 1. The first-order valence-corrected chi connectivity index (χ1v) is 7.70. The lowest BCUT2D eigenvalue weighted by atomic mass is 9.81. The molecule has 1 aliphatic rings. The van der Waals surface area contributed by atoms with Crippen LogP contribution in [0.1, 0.15) is 49.4 Å². The first kappa shape index (κ1) is 16.3. The molecule has 120 valence electrons. The van der Waals surface area contributed by atoms with Gasteiger partial charge >= 0.3 is 5.97 Å². The summed E-state index contributed by atoms with van der Waals surface area (Å²) in [6.07, 6.45) is 5.19. The van der Waals surface area contributed by atoms with Gasteiger partial charge < -0.3 is 15.2 Å². The van der Waals surface area contributed by atoms with Crippen LogP contribution in [0.2, 0.25) is 0 Å². The SMILES string of the molecule is COc1cc(NC(=O)CC2CCCC(C)C2)ccc1C(=O)O. The molecule has 1 aliphatic carbocycles. The summed E-state index contributed by atoms with van der Waals surface area (Å²) in [7, 11) is 1.41. The first-order valence-electron chi connectivity index (χ1n) is 7.70. The number of amides is 1. The van der Waals surface area contributed by atoms with E-state index < -0.39 is 5.97 Å². The maximum Gasteiger partial charge on any atom is 0.339 e. The number of ether oxygens (including phenoxy) is 1. The number of carbonyl (C=O) groups is 2. The predicted molar refractivity (Wildman–Crippen MR) is 84.3 cm³/mol. The number of aromatic carboxylic acids is 1. The minimum atomic E-state index is -1.05. The highest BCUT2D eigenvalue weighted by Crippen LogP contribution is 2.31. The second kappa shape index (κ2) is 7.29. The average Bonchev–Trinajstić information content (AvgIpc) is 2.46. The highest BCUT2D eigenvalue weighted by Gasteiger charge is 2.21. The molecule has 0 aromatic heterocycles. The Morgan fingerprint density at radius 2 is 2.14 bits per heavy atom. The van der Waals surface area contributed by atoms with E-state index in [-0.39, 0.29) is 17.2 Å². The molecule has 1 aromatic rings. The van der Waals surface area contributed by atoms with Crippen molar-refractivity contribution in [1.82, 2.24) is 0 Å². The monoisotopic (exact) mass is 305 g/mol. The highest BCUT2D eigenvalue weighted by atomic mass is 16.5. The van der Waals surface area contributed by atoms with Crippen molar-refractivity contribution in [2.24, 2.45) is 11.8 Å². The molecule has 1 fully saturated rings. The Morgan fingerprint density at radius 3 is 2.77 bits per heavy atom. The van der Waals surface area contributed by atoms with Gasteiger partial charge in [-0.3, -0.25) is 4.79 Å². The third-order valence-electron chi connectivity index (χ3n) is 4.23. The van der Waals surface area contributed by atoms with E-state index in [4.69, 9.17) is 9.84 Å². The van der Waals surface area contributed by atoms with E-state index in [1.807, 2.05) is 0 Å². The van der Waals surface area contributed by atoms with E-state index in [0.29, 0.717) is 23.9 Å². The molecule has 0 heterocycles. The molecule has 0 spiro atoms. The number of rotatable bonds is 5. The smallest absolute Gasteiger partial charge is 0.339 e. The molecule has 0 bridgehead atoms. The van der Waals surface area contributed by atoms with E-state index >= 15 is 0 Å². The Morgan fingerprint density at radius 1 is 1.36 bits per heavy atom. The molecule has 1 saturated carbocycles. The molecule has 2 atom stereocenters. The van der Waals surface area contributed by atoms with E-state index in [1.165, 1.54) is 26.0 Å². The second-order valence-electron chi connectivity index (χ2n) is 6.11. The molecule has 2 rings (SSSR count). The predicted octanol–water partition coefficient (Wildman–Crippen LogP) is 3.55. The normalized spacial score (nSPS) is 21.2. The van der Waals surface area contributed by atoms with Crippen molar-refractivity contribution < 1.29 is 19.4 Å². The summed E-state index contributed by atoms with van der Waals surface area (Å²) in [5.41, 5.74) is 0.650. The van der Waals surface area contributed by atoms with Gasteiger partial charge in [-0.1, -0.05) is 19.8 Å². The van der Waals surface area contributed by atoms with Gasteiger partial charge in [-0.2, -0.15) is 0 Å². The van der Waals surface area contributed by atoms with Gasteiger partial charge in [0.1, 0.15) is 11.3 Å². The summed E-state index contributed by atoms with van der Waals surface area (Å²) in [4.78, 5) is 23.2. The molecular weight excluding hydrogens is 282 g/mol. The number of hydrogen-bond acceptors (Lipinski definition) is 3. The second-order valence-corrected chi connectivity index (χ2v) is 6.11.